The van der Waals surface area contributed by atoms with E-state index in [4.69, 9.17) is 4.42 Å². The standard InChI is InChI=1S/C14H16N4O3/c19-18(20)11-3-4-13-12(7-11)16-14(21-13)15-9-5-6-17(8-9)10-1-2-10/h3-4,7,9-10H,1-2,5-6,8H2,(H,15,16). The lowest BCUT2D eigenvalue weighted by Crippen LogP contribution is -2.27. The summed E-state index contributed by atoms with van der Waals surface area (Å²) < 4.78 is 5.61. The van der Waals surface area contributed by atoms with Crippen LogP contribution >= 0.6 is 0 Å². The number of aromatic nitrogens is 1. The summed E-state index contributed by atoms with van der Waals surface area (Å²) in [7, 11) is 0. The summed E-state index contributed by atoms with van der Waals surface area (Å²) in [6.45, 7) is 2.14. The van der Waals surface area contributed by atoms with Gasteiger partial charge in [0, 0.05) is 37.3 Å². The van der Waals surface area contributed by atoms with Crippen LogP contribution in [0.1, 0.15) is 19.3 Å². The number of nitrogens with one attached hydrogen (secondary N) is 1. The average Bonchev–Trinajstić information content (AvgIpc) is 3.07. The van der Waals surface area contributed by atoms with E-state index in [2.05, 4.69) is 15.2 Å². The molecule has 4 rings (SSSR count). The molecular weight excluding hydrogens is 272 g/mol. The molecule has 0 amide bonds. The van der Waals surface area contributed by atoms with Gasteiger partial charge in [0.25, 0.3) is 11.7 Å². The number of benzene rings is 1. The summed E-state index contributed by atoms with van der Waals surface area (Å²) in [6.07, 6.45) is 3.72. The van der Waals surface area contributed by atoms with Crippen molar-refractivity contribution < 1.29 is 9.34 Å². The molecule has 2 fully saturated rings. The van der Waals surface area contributed by atoms with Crippen LogP contribution in [0.4, 0.5) is 11.7 Å². The molecule has 1 N–H and O–H groups in total. The van der Waals surface area contributed by atoms with Crippen molar-refractivity contribution >= 4 is 22.8 Å². The lowest BCUT2D eigenvalue weighted by Gasteiger charge is -2.14. The highest BCUT2D eigenvalue weighted by Crippen LogP contribution is 2.31. The largest absolute Gasteiger partial charge is 0.424 e. The van der Waals surface area contributed by atoms with Crippen molar-refractivity contribution in [3.8, 4) is 0 Å². The van der Waals surface area contributed by atoms with Crippen LogP contribution in [0.3, 0.4) is 0 Å². The molecule has 0 bridgehead atoms. The number of nitrogens with zero attached hydrogens (tertiary/aromatic N) is 3. The second kappa shape index (κ2) is 4.70. The molecule has 2 aliphatic rings. The fraction of sp³-hybridized carbons (Fsp3) is 0.500. The third-order valence-electron chi connectivity index (χ3n) is 4.19. The minimum Gasteiger partial charge on any atom is -0.424 e. The minimum atomic E-state index is -0.425. The zero-order valence-corrected chi connectivity index (χ0v) is 11.5. The van der Waals surface area contributed by atoms with E-state index in [0.717, 1.165) is 25.6 Å². The highest BCUT2D eigenvalue weighted by Gasteiger charge is 2.34. The smallest absolute Gasteiger partial charge is 0.295 e. The summed E-state index contributed by atoms with van der Waals surface area (Å²) in [6, 6.07) is 6.04. The van der Waals surface area contributed by atoms with E-state index >= 15 is 0 Å². The number of non-ortho nitro benzene ring substituents is 1. The molecule has 110 valence electrons. The Labute approximate surface area is 121 Å². The second-order valence-corrected chi connectivity index (χ2v) is 5.78. The summed E-state index contributed by atoms with van der Waals surface area (Å²) >= 11 is 0. The molecule has 7 nitrogen and oxygen atoms in total. The van der Waals surface area contributed by atoms with Crippen molar-refractivity contribution in [1.82, 2.24) is 9.88 Å². The van der Waals surface area contributed by atoms with Crippen LogP contribution in [0.5, 0.6) is 0 Å². The Morgan fingerprint density at radius 1 is 1.38 bits per heavy atom. The average molecular weight is 288 g/mol. The van der Waals surface area contributed by atoms with Crippen LogP contribution in [0.15, 0.2) is 22.6 Å². The SMILES string of the molecule is O=[N+]([O-])c1ccc2oc(NC3CCN(C4CC4)C3)nc2c1. The maximum Gasteiger partial charge on any atom is 0.295 e. The van der Waals surface area contributed by atoms with Crippen LogP contribution in [-0.2, 0) is 0 Å². The molecule has 21 heavy (non-hydrogen) atoms. The number of anilines is 1. The molecule has 1 aliphatic heterocycles. The Bertz CT molecular complexity index is 695. The zero-order valence-electron chi connectivity index (χ0n) is 11.5. The monoisotopic (exact) mass is 288 g/mol. The van der Waals surface area contributed by atoms with Crippen molar-refractivity contribution in [3.05, 3.63) is 28.3 Å². The first-order valence-corrected chi connectivity index (χ1v) is 7.24. The van der Waals surface area contributed by atoms with E-state index in [9.17, 15) is 10.1 Å². The molecule has 0 spiro atoms. The Balaban J connectivity index is 1.50. The summed E-state index contributed by atoms with van der Waals surface area (Å²) in [5.41, 5.74) is 1.12. The molecule has 1 saturated heterocycles. The van der Waals surface area contributed by atoms with E-state index in [0.29, 0.717) is 23.2 Å². The molecule has 1 aromatic heterocycles. The number of fused-ring (bicyclic) bond motifs is 1. The third kappa shape index (κ3) is 2.44. The zero-order chi connectivity index (χ0) is 14.4. The van der Waals surface area contributed by atoms with Gasteiger partial charge >= 0.3 is 0 Å². The van der Waals surface area contributed by atoms with Gasteiger partial charge < -0.3 is 9.73 Å². The van der Waals surface area contributed by atoms with E-state index in [-0.39, 0.29) is 5.69 Å². The lowest BCUT2D eigenvalue weighted by molar-refractivity contribution is -0.384. The van der Waals surface area contributed by atoms with Crippen LogP contribution in [0.2, 0.25) is 0 Å². The van der Waals surface area contributed by atoms with Crippen molar-refractivity contribution in [3.63, 3.8) is 0 Å². The number of hydrogen-bond donors (Lipinski definition) is 1. The number of oxazole rings is 1. The van der Waals surface area contributed by atoms with Crippen LogP contribution in [0.25, 0.3) is 11.1 Å². The van der Waals surface area contributed by atoms with Crippen molar-refractivity contribution in [2.45, 2.75) is 31.3 Å². The fourth-order valence-electron chi connectivity index (χ4n) is 2.94. The van der Waals surface area contributed by atoms with Crippen molar-refractivity contribution in [1.29, 1.82) is 0 Å². The van der Waals surface area contributed by atoms with Gasteiger partial charge in [0.1, 0.15) is 5.52 Å². The van der Waals surface area contributed by atoms with Gasteiger partial charge in [-0.05, 0) is 25.3 Å². The first-order chi connectivity index (χ1) is 10.2. The number of hydrogen-bond acceptors (Lipinski definition) is 6. The highest BCUT2D eigenvalue weighted by molar-refractivity contribution is 5.77. The van der Waals surface area contributed by atoms with Gasteiger partial charge in [-0.3, -0.25) is 15.0 Å². The van der Waals surface area contributed by atoms with Gasteiger partial charge in [0.05, 0.1) is 4.92 Å². The Morgan fingerprint density at radius 2 is 2.24 bits per heavy atom. The molecule has 7 heteroatoms. The summed E-state index contributed by atoms with van der Waals surface area (Å²) in [4.78, 5) is 17.1. The first-order valence-electron chi connectivity index (χ1n) is 7.24. The van der Waals surface area contributed by atoms with Gasteiger partial charge in [-0.2, -0.15) is 4.98 Å². The number of likely N-dealkylation sites (tertiary alicyclic amines) is 1. The molecule has 2 aromatic rings. The van der Waals surface area contributed by atoms with Crippen molar-refractivity contribution in [2.75, 3.05) is 18.4 Å². The fourth-order valence-corrected chi connectivity index (χ4v) is 2.94. The highest BCUT2D eigenvalue weighted by atomic mass is 16.6. The lowest BCUT2D eigenvalue weighted by atomic mass is 10.3. The maximum atomic E-state index is 10.8. The molecule has 1 atom stereocenters. The Morgan fingerprint density at radius 3 is 3.00 bits per heavy atom. The number of rotatable bonds is 4. The van der Waals surface area contributed by atoms with Gasteiger partial charge in [0.2, 0.25) is 0 Å². The summed E-state index contributed by atoms with van der Waals surface area (Å²) in [5, 5.41) is 14.1. The van der Waals surface area contributed by atoms with E-state index in [1.807, 2.05) is 0 Å². The third-order valence-corrected chi connectivity index (χ3v) is 4.19. The molecule has 0 radical (unpaired) electrons. The van der Waals surface area contributed by atoms with Gasteiger partial charge in [0.15, 0.2) is 5.58 Å². The topological polar surface area (TPSA) is 84.4 Å². The Hall–Kier alpha value is -2.15. The predicted octanol–water partition coefficient (Wildman–Crippen LogP) is 2.38. The molecule has 1 aliphatic carbocycles. The first kappa shape index (κ1) is 12.6. The van der Waals surface area contributed by atoms with Crippen LogP contribution in [-0.4, -0.2) is 40.0 Å². The normalized spacial score (nSPS) is 22.8. The summed E-state index contributed by atoms with van der Waals surface area (Å²) in [5.74, 6) is 0. The van der Waals surface area contributed by atoms with Crippen LogP contribution in [0, 0.1) is 10.1 Å². The quantitative estimate of drug-likeness (QED) is 0.687. The molecule has 1 unspecified atom stereocenters. The Kier molecular flexibility index (Phi) is 2.81. The van der Waals surface area contributed by atoms with Gasteiger partial charge in [-0.15, -0.1) is 0 Å². The van der Waals surface area contributed by atoms with Crippen molar-refractivity contribution in [2.24, 2.45) is 0 Å². The second-order valence-electron chi connectivity index (χ2n) is 5.78. The van der Waals surface area contributed by atoms with E-state index < -0.39 is 4.92 Å². The van der Waals surface area contributed by atoms with Gasteiger partial charge in [-0.1, -0.05) is 0 Å². The van der Waals surface area contributed by atoms with Gasteiger partial charge in [-0.25, -0.2) is 0 Å². The van der Waals surface area contributed by atoms with E-state index in [1.165, 1.54) is 25.0 Å². The molecule has 1 aromatic carbocycles. The molecule has 2 heterocycles. The number of nitro benzene ring substituents is 1. The molecular formula is C14H16N4O3. The number of nitro groups is 1. The minimum absolute atomic E-state index is 0.0307. The van der Waals surface area contributed by atoms with E-state index in [1.54, 1.807) is 6.07 Å². The van der Waals surface area contributed by atoms with Crippen LogP contribution < -0.4 is 5.32 Å². The molecule has 1 saturated carbocycles. The maximum absolute atomic E-state index is 10.8. The predicted molar refractivity (Wildman–Crippen MR) is 77.3 cm³/mol.